The highest BCUT2D eigenvalue weighted by atomic mass is 79.9. The fourth-order valence-electron chi connectivity index (χ4n) is 2.55. The van der Waals surface area contributed by atoms with Crippen LogP contribution in [-0.2, 0) is 10.7 Å². The molecule has 4 aromatic heterocycles. The van der Waals surface area contributed by atoms with Gasteiger partial charge in [-0.3, -0.25) is 19.9 Å². The van der Waals surface area contributed by atoms with Crippen molar-refractivity contribution in [2.75, 3.05) is 0 Å². The van der Waals surface area contributed by atoms with Crippen molar-refractivity contribution in [3.8, 4) is 22.8 Å². The molecular weight excluding hydrogens is 504 g/mol. The maximum absolute atomic E-state index is 4.37. The highest BCUT2D eigenvalue weighted by Crippen LogP contribution is 2.17. The largest absolute Gasteiger partial charge is 0.254 e. The predicted octanol–water partition coefficient (Wildman–Crippen LogP) is 6.69. The predicted molar refractivity (Wildman–Crippen MR) is 130 cm³/mol. The van der Waals surface area contributed by atoms with Crippen LogP contribution >= 0.6 is 31.9 Å². The summed E-state index contributed by atoms with van der Waals surface area (Å²) < 4.78 is 0. The average molecular weight is 526 g/mol. The SMILES string of the molecule is BrCc1ccc(-c2ccc(CBr)cn2)nc1.Cc1ccc(-c2ccc(C)cn2)nc1. The molecule has 0 radical (unpaired) electrons. The van der Waals surface area contributed by atoms with Crippen LogP contribution in [0, 0.1) is 13.8 Å². The fourth-order valence-corrected chi connectivity index (χ4v) is 3.21. The number of hydrogen-bond acceptors (Lipinski definition) is 4. The third-order valence-corrected chi connectivity index (χ3v) is 5.60. The molecule has 0 atom stereocenters. The molecule has 0 aliphatic carbocycles. The van der Waals surface area contributed by atoms with Crippen molar-refractivity contribution in [2.24, 2.45) is 0 Å². The second kappa shape index (κ2) is 11.1. The first kappa shape index (κ1) is 22.2. The lowest BCUT2D eigenvalue weighted by Crippen LogP contribution is -1.89. The van der Waals surface area contributed by atoms with Gasteiger partial charge in [0.2, 0.25) is 0 Å². The Morgan fingerprint density at radius 3 is 1.07 bits per heavy atom. The quantitative estimate of drug-likeness (QED) is 0.278. The maximum atomic E-state index is 4.37. The maximum Gasteiger partial charge on any atom is 0.0886 e. The van der Waals surface area contributed by atoms with E-state index in [1.54, 1.807) is 0 Å². The minimum absolute atomic E-state index is 0.830. The van der Waals surface area contributed by atoms with Crippen molar-refractivity contribution in [1.29, 1.82) is 0 Å². The highest BCUT2D eigenvalue weighted by Gasteiger charge is 2.01. The molecule has 30 heavy (non-hydrogen) atoms. The van der Waals surface area contributed by atoms with E-state index >= 15 is 0 Å². The van der Waals surface area contributed by atoms with E-state index in [9.17, 15) is 0 Å². The van der Waals surface area contributed by atoms with E-state index in [-0.39, 0.29) is 0 Å². The van der Waals surface area contributed by atoms with E-state index in [0.29, 0.717) is 0 Å². The molecule has 0 spiro atoms. The molecule has 0 fully saturated rings. The van der Waals surface area contributed by atoms with Gasteiger partial charge in [-0.1, -0.05) is 56.1 Å². The summed E-state index contributed by atoms with van der Waals surface area (Å²) in [6.45, 7) is 4.05. The molecule has 0 unspecified atom stereocenters. The Kier molecular flexibility index (Phi) is 8.22. The van der Waals surface area contributed by atoms with Crippen molar-refractivity contribution >= 4 is 31.9 Å². The van der Waals surface area contributed by atoms with Crippen LogP contribution in [0.15, 0.2) is 73.3 Å². The summed E-state index contributed by atoms with van der Waals surface area (Å²) in [6, 6.07) is 16.2. The highest BCUT2D eigenvalue weighted by molar-refractivity contribution is 9.08. The van der Waals surface area contributed by atoms with E-state index in [1.165, 1.54) is 22.3 Å². The van der Waals surface area contributed by atoms with Gasteiger partial charge in [0.05, 0.1) is 22.8 Å². The van der Waals surface area contributed by atoms with Crippen LogP contribution in [-0.4, -0.2) is 19.9 Å². The van der Waals surface area contributed by atoms with Crippen molar-refractivity contribution in [1.82, 2.24) is 19.9 Å². The molecule has 0 saturated carbocycles. The Balaban J connectivity index is 0.000000172. The molecule has 0 saturated heterocycles. The molecule has 0 aliphatic rings. The molecule has 4 aromatic rings. The summed E-state index contributed by atoms with van der Waals surface area (Å²) in [5, 5.41) is 1.66. The molecule has 0 aromatic carbocycles. The zero-order chi connectivity index (χ0) is 21.3. The lowest BCUT2D eigenvalue weighted by Gasteiger charge is -2.01. The van der Waals surface area contributed by atoms with Crippen LogP contribution in [0.1, 0.15) is 22.3 Å². The van der Waals surface area contributed by atoms with Crippen LogP contribution < -0.4 is 0 Å². The van der Waals surface area contributed by atoms with Crippen LogP contribution in [0.3, 0.4) is 0 Å². The Morgan fingerprint density at radius 2 is 0.833 bits per heavy atom. The van der Waals surface area contributed by atoms with Crippen molar-refractivity contribution in [3.63, 3.8) is 0 Å². The van der Waals surface area contributed by atoms with E-state index in [2.05, 4.69) is 63.9 Å². The van der Waals surface area contributed by atoms with Gasteiger partial charge in [-0.25, -0.2) is 0 Å². The Hall–Kier alpha value is -2.44. The number of hydrogen-bond donors (Lipinski definition) is 0. The zero-order valence-corrected chi connectivity index (χ0v) is 20.1. The normalized spacial score (nSPS) is 10.3. The first-order valence-electron chi connectivity index (χ1n) is 9.47. The Labute approximate surface area is 194 Å². The molecule has 4 rings (SSSR count). The van der Waals surface area contributed by atoms with Gasteiger partial charge < -0.3 is 0 Å². The molecule has 152 valence electrons. The summed E-state index contributed by atoms with van der Waals surface area (Å²) in [6.07, 6.45) is 7.45. The fraction of sp³-hybridized carbons (Fsp3) is 0.167. The van der Waals surface area contributed by atoms with Gasteiger partial charge in [0.15, 0.2) is 0 Å². The van der Waals surface area contributed by atoms with Crippen molar-refractivity contribution < 1.29 is 0 Å². The topological polar surface area (TPSA) is 51.6 Å². The number of alkyl halides is 2. The minimum atomic E-state index is 0.830. The summed E-state index contributed by atoms with van der Waals surface area (Å²) in [4.78, 5) is 17.4. The van der Waals surface area contributed by atoms with Gasteiger partial charge >= 0.3 is 0 Å². The number of aryl methyl sites for hydroxylation is 2. The first-order valence-corrected chi connectivity index (χ1v) is 11.7. The zero-order valence-electron chi connectivity index (χ0n) is 16.9. The number of rotatable bonds is 4. The van der Waals surface area contributed by atoms with Gasteiger partial charge in [0.1, 0.15) is 0 Å². The van der Waals surface area contributed by atoms with E-state index < -0.39 is 0 Å². The van der Waals surface area contributed by atoms with Crippen LogP contribution in [0.4, 0.5) is 0 Å². The molecule has 4 nitrogen and oxygen atoms in total. The molecule has 0 aliphatic heterocycles. The second-order valence-electron chi connectivity index (χ2n) is 6.81. The van der Waals surface area contributed by atoms with E-state index in [1.807, 2.05) is 75.0 Å². The van der Waals surface area contributed by atoms with E-state index in [4.69, 9.17) is 0 Å². The molecule has 6 heteroatoms. The van der Waals surface area contributed by atoms with Crippen LogP contribution in [0.5, 0.6) is 0 Å². The standard InChI is InChI=1S/C12H10Br2N2.C12H12N2/c13-5-9-1-3-11(15-7-9)12-4-2-10(6-14)8-16-12;1-9-3-5-11(13-7-9)12-6-4-10(2)8-14-12/h1-4,7-8H,5-6H2;3-8H,1-2H3. The molecule has 0 N–H and O–H groups in total. The Morgan fingerprint density at radius 1 is 0.500 bits per heavy atom. The van der Waals surface area contributed by atoms with Crippen LogP contribution in [0.25, 0.3) is 22.8 Å². The van der Waals surface area contributed by atoms with E-state index in [0.717, 1.165) is 33.4 Å². The Bertz CT molecular complexity index is 957. The molecule has 0 amide bonds. The third kappa shape index (κ3) is 6.28. The van der Waals surface area contributed by atoms with Gasteiger partial charge in [0, 0.05) is 35.4 Å². The van der Waals surface area contributed by atoms with Gasteiger partial charge in [-0.05, 0) is 60.4 Å². The average Bonchev–Trinajstić information content (AvgIpc) is 2.81. The number of halogens is 2. The van der Waals surface area contributed by atoms with Crippen molar-refractivity contribution in [3.05, 3.63) is 95.6 Å². The van der Waals surface area contributed by atoms with Crippen LogP contribution in [0.2, 0.25) is 0 Å². The lowest BCUT2D eigenvalue weighted by atomic mass is 10.2. The summed E-state index contributed by atoms with van der Waals surface area (Å²) in [5.74, 6) is 0. The molecule has 0 bridgehead atoms. The lowest BCUT2D eigenvalue weighted by molar-refractivity contribution is 1.20. The van der Waals surface area contributed by atoms with Gasteiger partial charge in [0.25, 0.3) is 0 Å². The molecular formula is C24H22Br2N4. The number of nitrogens with zero attached hydrogens (tertiary/aromatic N) is 4. The second-order valence-corrected chi connectivity index (χ2v) is 7.93. The smallest absolute Gasteiger partial charge is 0.0886 e. The minimum Gasteiger partial charge on any atom is -0.254 e. The monoisotopic (exact) mass is 524 g/mol. The van der Waals surface area contributed by atoms with Crippen molar-refractivity contribution in [2.45, 2.75) is 24.5 Å². The van der Waals surface area contributed by atoms with Gasteiger partial charge in [-0.2, -0.15) is 0 Å². The summed E-state index contributed by atoms with van der Waals surface area (Å²) >= 11 is 6.79. The third-order valence-electron chi connectivity index (χ3n) is 4.31. The summed E-state index contributed by atoms with van der Waals surface area (Å²) in [5.41, 5.74) is 8.34. The van der Waals surface area contributed by atoms with Gasteiger partial charge in [-0.15, -0.1) is 0 Å². The first-order chi connectivity index (χ1) is 14.6. The number of pyridine rings is 4. The molecule has 4 heterocycles. The number of aromatic nitrogens is 4. The summed E-state index contributed by atoms with van der Waals surface area (Å²) in [7, 11) is 0.